The first-order valence-electron chi connectivity index (χ1n) is 20.2. The van der Waals surface area contributed by atoms with E-state index < -0.39 is 0 Å². The molecule has 1 aliphatic carbocycles. The van der Waals surface area contributed by atoms with Crippen LogP contribution in [0, 0.1) is 0 Å². The van der Waals surface area contributed by atoms with Crippen LogP contribution in [0.1, 0.15) is 79.0 Å². The molecule has 0 spiro atoms. The lowest BCUT2D eigenvalue weighted by molar-refractivity contribution is 0.00578. The molecule has 0 radical (unpaired) electrons. The molecule has 0 saturated carbocycles. The molecule has 1 saturated heterocycles. The average molecular weight is 810 g/mol. The van der Waals surface area contributed by atoms with Gasteiger partial charge >= 0.3 is 7.12 Å². The van der Waals surface area contributed by atoms with Gasteiger partial charge in [0.25, 0.3) is 0 Å². The highest BCUT2D eigenvalue weighted by molar-refractivity contribution is 9.10. The Kier molecular flexibility index (Phi) is 8.90. The molecule has 0 amide bonds. The van der Waals surface area contributed by atoms with Crippen molar-refractivity contribution >= 4 is 60.8 Å². The Bertz CT molecular complexity index is 2770. The average Bonchev–Trinajstić information content (AvgIpc) is 3.56. The zero-order chi connectivity index (χ0) is 40.1. The molecule has 1 aliphatic heterocycles. The smallest absolute Gasteiger partial charge is 0.399 e. The monoisotopic (exact) mass is 808 g/mol. The fourth-order valence-corrected chi connectivity index (χ4v) is 9.09. The molecule has 2 aliphatic rings. The van der Waals surface area contributed by atoms with Gasteiger partial charge in [0.2, 0.25) is 0 Å². The van der Waals surface area contributed by atoms with Crippen molar-refractivity contribution in [1.82, 2.24) is 0 Å². The minimum Gasteiger partial charge on any atom is -0.399 e. The molecule has 0 bridgehead atoms. The topological polar surface area (TPSA) is 18.5 Å². The van der Waals surface area contributed by atoms with Gasteiger partial charge in [0, 0.05) is 9.89 Å². The van der Waals surface area contributed by atoms with Crippen LogP contribution in [0.2, 0.25) is 0 Å². The predicted molar refractivity (Wildman–Crippen MR) is 247 cm³/mol. The molecule has 8 aromatic carbocycles. The predicted octanol–water partition coefficient (Wildman–Crippen LogP) is 14.3. The van der Waals surface area contributed by atoms with Gasteiger partial charge in [-0.3, -0.25) is 0 Å². The van der Waals surface area contributed by atoms with Gasteiger partial charge in [-0.2, -0.15) is 0 Å². The largest absolute Gasteiger partial charge is 0.494 e. The van der Waals surface area contributed by atoms with Gasteiger partial charge in [-0.1, -0.05) is 172 Å². The summed E-state index contributed by atoms with van der Waals surface area (Å²) < 4.78 is 13.5. The highest BCUT2D eigenvalue weighted by atomic mass is 79.9. The van der Waals surface area contributed by atoms with Gasteiger partial charge in [-0.05, 0) is 139 Å². The van der Waals surface area contributed by atoms with Gasteiger partial charge in [0.15, 0.2) is 0 Å². The van der Waals surface area contributed by atoms with E-state index in [4.69, 9.17) is 9.31 Å². The summed E-state index contributed by atoms with van der Waals surface area (Å²) in [5.74, 6) is 0. The molecule has 2 nitrogen and oxygen atoms in total. The van der Waals surface area contributed by atoms with Crippen LogP contribution in [-0.2, 0) is 20.1 Å². The molecular weight excluding hydrogens is 759 g/mol. The molecule has 1 heterocycles. The summed E-state index contributed by atoms with van der Waals surface area (Å²) >= 11 is 3.54. The van der Waals surface area contributed by atoms with Crippen molar-refractivity contribution in [3.8, 4) is 33.4 Å². The highest BCUT2D eigenvalue weighted by Gasteiger charge is 2.51. The number of hydrogen-bond acceptors (Lipinski definition) is 2. The maximum Gasteiger partial charge on any atom is 0.494 e. The van der Waals surface area contributed by atoms with Crippen molar-refractivity contribution in [3.63, 3.8) is 0 Å². The van der Waals surface area contributed by atoms with E-state index in [0.29, 0.717) is 0 Å². The summed E-state index contributed by atoms with van der Waals surface area (Å²) in [5, 5.41) is 8.08. The number of halogens is 1. The van der Waals surface area contributed by atoms with E-state index in [9.17, 15) is 0 Å². The number of hydrogen-bond donors (Lipinski definition) is 0. The van der Waals surface area contributed by atoms with Crippen LogP contribution >= 0.6 is 15.9 Å². The fourth-order valence-electron chi connectivity index (χ4n) is 8.83. The van der Waals surface area contributed by atoms with E-state index in [2.05, 4.69) is 218 Å². The summed E-state index contributed by atoms with van der Waals surface area (Å²) in [6.07, 6.45) is 0. The van der Waals surface area contributed by atoms with E-state index in [1.807, 2.05) is 0 Å². The van der Waals surface area contributed by atoms with Crippen molar-refractivity contribution in [3.05, 3.63) is 161 Å². The summed E-state index contributed by atoms with van der Waals surface area (Å²) in [6, 6.07) is 51.3. The highest BCUT2D eigenvalue weighted by Crippen LogP contribution is 2.49. The number of benzene rings is 8. The van der Waals surface area contributed by atoms with Crippen LogP contribution < -0.4 is 5.46 Å². The van der Waals surface area contributed by atoms with Gasteiger partial charge in [-0.15, -0.1) is 0 Å². The lowest BCUT2D eigenvalue weighted by Crippen LogP contribution is -2.41. The summed E-state index contributed by atoms with van der Waals surface area (Å²) in [5.41, 5.74) is 12.5. The van der Waals surface area contributed by atoms with Crippen molar-refractivity contribution < 1.29 is 9.31 Å². The maximum absolute atomic E-state index is 6.20. The van der Waals surface area contributed by atoms with E-state index >= 15 is 0 Å². The molecule has 10 rings (SSSR count). The Balaban J connectivity index is 0.000000149. The minimum atomic E-state index is -0.323. The van der Waals surface area contributed by atoms with E-state index in [1.54, 1.807) is 0 Å². The van der Waals surface area contributed by atoms with Crippen LogP contribution in [0.15, 0.2) is 144 Å². The second-order valence-electron chi connectivity index (χ2n) is 18.6. The molecule has 0 unspecified atom stereocenters. The maximum atomic E-state index is 6.20. The first-order valence-corrected chi connectivity index (χ1v) is 21.0. The molecular formula is C53H50BBrO2. The zero-order valence-corrected chi connectivity index (χ0v) is 36.1. The van der Waals surface area contributed by atoms with Gasteiger partial charge in [0.1, 0.15) is 0 Å². The molecule has 0 N–H and O–H groups in total. The molecule has 57 heavy (non-hydrogen) atoms. The zero-order valence-electron chi connectivity index (χ0n) is 34.6. The first-order chi connectivity index (χ1) is 27.0. The van der Waals surface area contributed by atoms with E-state index in [-0.39, 0.29) is 29.2 Å². The minimum absolute atomic E-state index is 0.0184. The third kappa shape index (κ3) is 6.42. The normalized spacial score (nSPS) is 16.5. The summed E-state index contributed by atoms with van der Waals surface area (Å²) in [6.45, 7) is 19.9. The van der Waals surface area contributed by atoms with Crippen molar-refractivity contribution in [1.29, 1.82) is 0 Å². The first kappa shape index (κ1) is 37.8. The molecule has 8 aromatic rings. The fraction of sp³-hybridized carbons (Fsp3) is 0.245. The number of fused-ring (bicyclic) bond motifs is 3. The second kappa shape index (κ2) is 13.4. The molecule has 1 fully saturated rings. The Morgan fingerprint density at radius 2 is 1.04 bits per heavy atom. The Morgan fingerprint density at radius 1 is 0.491 bits per heavy atom. The Morgan fingerprint density at radius 3 is 1.70 bits per heavy atom. The van der Waals surface area contributed by atoms with Crippen LogP contribution in [0.3, 0.4) is 0 Å². The quantitative estimate of drug-likeness (QED) is 0.131. The summed E-state index contributed by atoms with van der Waals surface area (Å²) in [4.78, 5) is 0. The molecule has 284 valence electrons. The van der Waals surface area contributed by atoms with Crippen LogP contribution in [0.5, 0.6) is 0 Å². The Labute approximate surface area is 346 Å². The molecule has 0 aromatic heterocycles. The van der Waals surface area contributed by atoms with Gasteiger partial charge in [-0.25, -0.2) is 0 Å². The van der Waals surface area contributed by atoms with E-state index in [1.165, 1.54) is 82.4 Å². The second-order valence-corrected chi connectivity index (χ2v) is 19.5. The molecule has 0 atom stereocenters. The van der Waals surface area contributed by atoms with Crippen LogP contribution in [-0.4, -0.2) is 18.3 Å². The SMILES string of the molecule is CC(C)(C)c1cc2ccc3ccc(-c4ccc(Br)cc4)c4ccc(c1)c2c34.CC1(C)c2ccccc2-c2ccc(-c3ccc(B4OC(C)(C)C(C)(C)O4)cc3)cc21. The van der Waals surface area contributed by atoms with Crippen LogP contribution in [0.4, 0.5) is 0 Å². The van der Waals surface area contributed by atoms with Gasteiger partial charge < -0.3 is 9.31 Å². The summed E-state index contributed by atoms with van der Waals surface area (Å²) in [7, 11) is -0.322. The molecule has 4 heteroatoms. The van der Waals surface area contributed by atoms with Crippen molar-refractivity contribution in [2.45, 2.75) is 84.3 Å². The van der Waals surface area contributed by atoms with E-state index in [0.717, 1.165) is 9.94 Å². The third-order valence-electron chi connectivity index (χ3n) is 13.0. The lowest BCUT2D eigenvalue weighted by Gasteiger charge is -2.32. The third-order valence-corrected chi connectivity index (χ3v) is 13.5. The number of rotatable bonds is 3. The lowest BCUT2D eigenvalue weighted by atomic mass is 9.78. The Hall–Kier alpha value is -4.74. The van der Waals surface area contributed by atoms with Crippen molar-refractivity contribution in [2.75, 3.05) is 0 Å². The van der Waals surface area contributed by atoms with Crippen LogP contribution in [0.25, 0.3) is 65.7 Å². The van der Waals surface area contributed by atoms with Gasteiger partial charge in [0.05, 0.1) is 11.2 Å². The van der Waals surface area contributed by atoms with Crippen molar-refractivity contribution in [2.24, 2.45) is 0 Å². The standard InChI is InChI=1S/C27H29BO2.C26H21Br/c1-25(2)23-10-8-7-9-21(23)22-16-13-19(17-24(22)25)18-11-14-20(15-12-18)28-29-26(3,4)27(5,6)30-28;1-26(2,3)20-14-18-5-4-17-8-12-22(16-6-10-21(27)11-7-16)23-13-9-19(15-20)24(18)25(17)23/h7-17H,1-6H3;4-15H,1-3H3.